The molecule has 1 fully saturated rings. The molecule has 174 valence electrons. The summed E-state index contributed by atoms with van der Waals surface area (Å²) in [6.07, 6.45) is 6.29. The molecule has 3 aromatic rings. The van der Waals surface area contributed by atoms with Gasteiger partial charge in [0.05, 0.1) is 16.6 Å². The molecule has 7 nitrogen and oxygen atoms in total. The van der Waals surface area contributed by atoms with Crippen LogP contribution in [0.3, 0.4) is 0 Å². The van der Waals surface area contributed by atoms with Crippen LogP contribution in [0.1, 0.15) is 61.0 Å². The van der Waals surface area contributed by atoms with E-state index in [2.05, 4.69) is 20.2 Å². The number of halogens is 1. The van der Waals surface area contributed by atoms with Crippen LogP contribution >= 0.6 is 0 Å². The molecule has 4 rings (SSSR count). The van der Waals surface area contributed by atoms with Crippen LogP contribution in [0.4, 0.5) is 4.39 Å². The summed E-state index contributed by atoms with van der Waals surface area (Å²) in [5, 5.41) is 9.61. The van der Waals surface area contributed by atoms with Gasteiger partial charge < -0.3 is 5.32 Å². The van der Waals surface area contributed by atoms with Gasteiger partial charge in [0, 0.05) is 23.4 Å². The predicted octanol–water partition coefficient (Wildman–Crippen LogP) is 4.32. The van der Waals surface area contributed by atoms with Crippen LogP contribution in [0.5, 0.6) is 0 Å². The second kappa shape index (κ2) is 9.84. The lowest BCUT2D eigenvalue weighted by molar-refractivity contribution is 0.0939. The van der Waals surface area contributed by atoms with Crippen molar-refractivity contribution in [3.63, 3.8) is 0 Å². The lowest BCUT2D eigenvalue weighted by Crippen LogP contribution is -2.36. The van der Waals surface area contributed by atoms with E-state index in [-0.39, 0.29) is 22.3 Å². The minimum Gasteiger partial charge on any atom is -0.346 e. The number of rotatable bonds is 7. The van der Waals surface area contributed by atoms with Gasteiger partial charge >= 0.3 is 0 Å². The van der Waals surface area contributed by atoms with E-state index in [1.807, 2.05) is 0 Å². The van der Waals surface area contributed by atoms with Gasteiger partial charge in [-0.15, -0.1) is 0 Å². The molecule has 0 bridgehead atoms. The molecule has 9 heteroatoms. The fraction of sp³-hybridized carbons (Fsp3) is 0.333. The minimum atomic E-state index is -3.82. The molecule has 3 N–H and O–H groups in total. The van der Waals surface area contributed by atoms with Crippen molar-refractivity contribution in [2.45, 2.75) is 56.0 Å². The zero-order valence-corrected chi connectivity index (χ0v) is 19.2. The summed E-state index contributed by atoms with van der Waals surface area (Å²) in [6.45, 7) is 1.78. The van der Waals surface area contributed by atoms with Gasteiger partial charge in [0.2, 0.25) is 10.0 Å². The summed E-state index contributed by atoms with van der Waals surface area (Å²) in [4.78, 5) is 13.1. The van der Waals surface area contributed by atoms with E-state index in [0.29, 0.717) is 11.3 Å². The van der Waals surface area contributed by atoms with Gasteiger partial charge in [-0.1, -0.05) is 31.4 Å². The zero-order valence-electron chi connectivity index (χ0n) is 18.3. The number of hydrogen-bond donors (Lipinski definition) is 3. The highest BCUT2D eigenvalue weighted by atomic mass is 32.2. The predicted molar refractivity (Wildman–Crippen MR) is 123 cm³/mol. The molecule has 1 saturated carbocycles. The molecule has 0 aliphatic heterocycles. The zero-order chi connectivity index (χ0) is 23.4. The highest BCUT2D eigenvalue weighted by Gasteiger charge is 2.24. The summed E-state index contributed by atoms with van der Waals surface area (Å²) in [6, 6.07) is 11.6. The molecule has 0 radical (unpaired) electrons. The molecule has 1 aliphatic rings. The number of hydrogen-bond acceptors (Lipinski definition) is 4. The Hall–Kier alpha value is -3.04. The lowest BCUT2D eigenvalue weighted by Gasteiger charge is -2.23. The highest BCUT2D eigenvalue weighted by molar-refractivity contribution is 7.89. The maximum absolute atomic E-state index is 13.2. The van der Waals surface area contributed by atoms with E-state index in [1.54, 1.807) is 43.5 Å². The number of amides is 1. The Morgan fingerprint density at radius 1 is 1.09 bits per heavy atom. The summed E-state index contributed by atoms with van der Waals surface area (Å²) in [5.41, 5.74) is 2.09. The third kappa shape index (κ3) is 5.66. The van der Waals surface area contributed by atoms with Crippen molar-refractivity contribution in [1.82, 2.24) is 20.2 Å². The first-order valence-corrected chi connectivity index (χ1v) is 12.5. The number of H-pyrrole nitrogens is 1. The molecule has 1 aliphatic carbocycles. The monoisotopic (exact) mass is 470 g/mol. The second-order valence-corrected chi connectivity index (χ2v) is 10.1. The van der Waals surface area contributed by atoms with E-state index in [1.165, 1.54) is 18.2 Å². The number of benzene rings is 2. The number of carbonyl (C=O) groups excluding carboxylic acids is 1. The Labute approximate surface area is 192 Å². The first-order chi connectivity index (χ1) is 15.8. The van der Waals surface area contributed by atoms with Gasteiger partial charge in [-0.2, -0.15) is 5.10 Å². The number of sulfonamides is 1. The van der Waals surface area contributed by atoms with Crippen LogP contribution in [0.15, 0.2) is 59.6 Å². The average molecular weight is 471 g/mol. The first-order valence-electron chi connectivity index (χ1n) is 11.1. The average Bonchev–Trinajstić information content (AvgIpc) is 3.35. The summed E-state index contributed by atoms with van der Waals surface area (Å²) >= 11 is 0. The molecule has 0 spiro atoms. The first kappa shape index (κ1) is 23.1. The van der Waals surface area contributed by atoms with E-state index in [4.69, 9.17) is 0 Å². The Kier molecular flexibility index (Phi) is 6.90. The molecule has 1 unspecified atom stereocenters. The molecular weight excluding hydrogens is 443 g/mol. The quantitative estimate of drug-likeness (QED) is 0.478. The maximum atomic E-state index is 13.2. The second-order valence-electron chi connectivity index (χ2n) is 8.42. The third-order valence-electron chi connectivity index (χ3n) is 5.94. The highest BCUT2D eigenvalue weighted by Crippen LogP contribution is 2.26. The van der Waals surface area contributed by atoms with E-state index in [9.17, 15) is 17.6 Å². The standard InChI is InChI=1S/C24H27FN4O3S/c1-16(17-7-9-20(25)10-8-17)27-24(30)19-13-18(23-11-12-26-28-23)14-22(15-19)33(31,32)29-21-5-3-2-4-6-21/h7-16,21,29H,2-6H2,1H3,(H,26,28)(H,27,30). The van der Waals surface area contributed by atoms with E-state index < -0.39 is 22.0 Å². The number of aromatic amines is 1. The van der Waals surface area contributed by atoms with Crippen molar-refractivity contribution in [3.8, 4) is 11.3 Å². The van der Waals surface area contributed by atoms with Crippen molar-refractivity contribution in [3.05, 3.63) is 71.7 Å². The Morgan fingerprint density at radius 3 is 2.48 bits per heavy atom. The number of nitrogens with zero attached hydrogens (tertiary/aromatic N) is 1. The van der Waals surface area contributed by atoms with Gasteiger partial charge in [-0.25, -0.2) is 17.5 Å². The Bertz CT molecular complexity index is 1210. The smallest absolute Gasteiger partial charge is 0.251 e. The van der Waals surface area contributed by atoms with Gasteiger partial charge in [-0.05, 0) is 61.7 Å². The fourth-order valence-corrected chi connectivity index (χ4v) is 5.45. The summed E-state index contributed by atoms with van der Waals surface area (Å²) < 4.78 is 42.4. The van der Waals surface area contributed by atoms with E-state index >= 15 is 0 Å². The van der Waals surface area contributed by atoms with Crippen LogP contribution in [0.2, 0.25) is 0 Å². The third-order valence-corrected chi connectivity index (χ3v) is 7.44. The van der Waals surface area contributed by atoms with Crippen LogP contribution in [-0.2, 0) is 10.0 Å². The van der Waals surface area contributed by atoms with Crippen LogP contribution in [0.25, 0.3) is 11.3 Å². The number of aromatic nitrogens is 2. The van der Waals surface area contributed by atoms with Gasteiger partial charge in [0.1, 0.15) is 5.82 Å². The largest absolute Gasteiger partial charge is 0.346 e. The normalized spacial score (nSPS) is 15.8. The topological polar surface area (TPSA) is 104 Å². The molecular formula is C24H27FN4O3S. The molecule has 0 saturated heterocycles. The van der Waals surface area contributed by atoms with E-state index in [0.717, 1.165) is 37.7 Å². The van der Waals surface area contributed by atoms with Gasteiger partial charge in [0.25, 0.3) is 5.91 Å². The van der Waals surface area contributed by atoms with Gasteiger partial charge in [0.15, 0.2) is 0 Å². The SMILES string of the molecule is CC(NC(=O)c1cc(-c2ccn[nH]2)cc(S(=O)(=O)NC2CCCCC2)c1)c1ccc(F)cc1. The van der Waals surface area contributed by atoms with Crippen LogP contribution < -0.4 is 10.0 Å². The molecule has 1 aromatic heterocycles. The minimum absolute atomic E-state index is 0.0276. The molecule has 1 amide bonds. The number of carbonyl (C=O) groups is 1. The Balaban J connectivity index is 1.63. The van der Waals surface area contributed by atoms with Crippen molar-refractivity contribution >= 4 is 15.9 Å². The molecule has 33 heavy (non-hydrogen) atoms. The molecule has 2 aromatic carbocycles. The summed E-state index contributed by atoms with van der Waals surface area (Å²) in [5.74, 6) is -0.785. The van der Waals surface area contributed by atoms with Crippen LogP contribution in [-0.4, -0.2) is 30.6 Å². The lowest BCUT2D eigenvalue weighted by atomic mass is 9.96. The van der Waals surface area contributed by atoms with Crippen molar-refractivity contribution in [2.24, 2.45) is 0 Å². The van der Waals surface area contributed by atoms with Crippen LogP contribution in [0, 0.1) is 5.82 Å². The maximum Gasteiger partial charge on any atom is 0.251 e. The summed E-state index contributed by atoms with van der Waals surface area (Å²) in [7, 11) is -3.82. The van der Waals surface area contributed by atoms with Gasteiger partial charge in [-0.3, -0.25) is 9.89 Å². The van der Waals surface area contributed by atoms with Crippen molar-refractivity contribution in [1.29, 1.82) is 0 Å². The van der Waals surface area contributed by atoms with Crippen molar-refractivity contribution in [2.75, 3.05) is 0 Å². The van der Waals surface area contributed by atoms with Crippen molar-refractivity contribution < 1.29 is 17.6 Å². The molecule has 1 heterocycles. The molecule has 1 atom stereocenters. The fourth-order valence-electron chi connectivity index (χ4n) is 4.08. The Morgan fingerprint density at radius 2 is 1.82 bits per heavy atom. The number of nitrogens with one attached hydrogen (secondary N) is 3.